The van der Waals surface area contributed by atoms with E-state index in [4.69, 9.17) is 15.2 Å². The Morgan fingerprint density at radius 2 is 1.49 bits per heavy atom. The van der Waals surface area contributed by atoms with Gasteiger partial charge in [-0.15, -0.1) is 0 Å². The van der Waals surface area contributed by atoms with Crippen LogP contribution in [0.1, 0.15) is 60.3 Å². The molecule has 2 aliphatic rings. The number of piperazine rings is 1. The van der Waals surface area contributed by atoms with Crippen molar-refractivity contribution in [1.82, 2.24) is 10.2 Å². The van der Waals surface area contributed by atoms with Gasteiger partial charge in [0.2, 0.25) is 11.8 Å². The fourth-order valence-corrected chi connectivity index (χ4v) is 7.51. The number of nitro benzene ring substituents is 1. The van der Waals surface area contributed by atoms with Crippen molar-refractivity contribution in [2.45, 2.75) is 57.3 Å². The van der Waals surface area contributed by atoms with E-state index in [0.29, 0.717) is 30.8 Å². The van der Waals surface area contributed by atoms with Crippen molar-refractivity contribution in [2.75, 3.05) is 48.7 Å². The number of amides is 2. The Labute approximate surface area is 343 Å². The SMILES string of the molecule is Nc1ccccc1NC(=O)CCCC(=O)NCc1cccc(-c2ccc(C3OC(CN4CCN(c5ccc([N+](=O)[O-])cc5)CC4)CC(c4ccc(CO)cc4)O3)cc2)c1. The molecule has 0 radical (unpaired) electrons. The van der Waals surface area contributed by atoms with Crippen molar-refractivity contribution < 1.29 is 29.1 Å². The molecule has 0 bridgehead atoms. The average Bonchev–Trinajstić information content (AvgIpc) is 3.27. The second kappa shape index (κ2) is 19.6. The van der Waals surface area contributed by atoms with Crippen LogP contribution in [0.5, 0.6) is 0 Å². The summed E-state index contributed by atoms with van der Waals surface area (Å²) in [5.41, 5.74) is 13.8. The predicted molar refractivity (Wildman–Crippen MR) is 227 cm³/mol. The van der Waals surface area contributed by atoms with Crippen molar-refractivity contribution in [3.63, 3.8) is 0 Å². The van der Waals surface area contributed by atoms with E-state index in [1.54, 1.807) is 36.4 Å². The number of carbonyl (C=O) groups excluding carboxylic acids is 2. The number of nitrogen functional groups attached to an aromatic ring is 1. The molecule has 2 amide bonds. The fraction of sp³-hybridized carbons (Fsp3) is 0.304. The standard InChI is InChI=1S/C46H50N6O7/c47-41-7-1-2-8-42(41)49-45(55)10-4-9-44(54)48-29-33-5-3-6-37(27-33)34-15-17-36(18-16-34)46-58-40(28-43(59-46)35-13-11-32(31-53)12-14-35)30-50-23-25-51(26-24-50)38-19-21-39(22-20-38)52(56)57/h1-3,5-8,11-22,27,40,43,46,53H,4,9-10,23-26,28-31,47H2,(H,48,54)(H,49,55). The molecular weight excluding hydrogens is 749 g/mol. The molecule has 5 aromatic rings. The van der Waals surface area contributed by atoms with Crippen molar-refractivity contribution in [3.8, 4) is 11.1 Å². The van der Waals surface area contributed by atoms with Gasteiger partial charge in [-0.05, 0) is 64.6 Å². The van der Waals surface area contributed by atoms with E-state index in [1.807, 2.05) is 66.7 Å². The van der Waals surface area contributed by atoms with Gasteiger partial charge < -0.3 is 35.8 Å². The molecule has 0 saturated carbocycles. The minimum atomic E-state index is -0.587. The van der Waals surface area contributed by atoms with Crippen LogP contribution in [0.15, 0.2) is 121 Å². The lowest BCUT2D eigenvalue weighted by Gasteiger charge is -2.41. The van der Waals surface area contributed by atoms with E-state index in [0.717, 1.165) is 71.8 Å². The molecule has 5 N–H and O–H groups in total. The van der Waals surface area contributed by atoms with E-state index >= 15 is 0 Å². The fourth-order valence-electron chi connectivity index (χ4n) is 7.51. The van der Waals surface area contributed by atoms with Crippen molar-refractivity contribution in [2.24, 2.45) is 0 Å². The van der Waals surface area contributed by atoms with Crippen LogP contribution in [-0.2, 0) is 32.2 Å². The maximum absolute atomic E-state index is 12.6. The largest absolute Gasteiger partial charge is 0.397 e. The van der Waals surface area contributed by atoms with E-state index < -0.39 is 6.29 Å². The van der Waals surface area contributed by atoms with Crippen LogP contribution >= 0.6 is 0 Å². The van der Waals surface area contributed by atoms with Gasteiger partial charge in [0.25, 0.3) is 5.69 Å². The number of nitrogens with two attached hydrogens (primary N) is 1. The highest BCUT2D eigenvalue weighted by Crippen LogP contribution is 2.39. The summed E-state index contributed by atoms with van der Waals surface area (Å²) in [6, 6.07) is 37.9. The number of ether oxygens (including phenoxy) is 2. The summed E-state index contributed by atoms with van der Waals surface area (Å²) in [6.45, 7) is 4.36. The molecule has 2 aliphatic heterocycles. The van der Waals surface area contributed by atoms with Crippen LogP contribution in [0.2, 0.25) is 0 Å². The van der Waals surface area contributed by atoms with E-state index in [2.05, 4.69) is 38.6 Å². The second-order valence-corrected chi connectivity index (χ2v) is 15.0. The summed E-state index contributed by atoms with van der Waals surface area (Å²) in [5, 5.41) is 26.5. The minimum absolute atomic E-state index is 0.0239. The van der Waals surface area contributed by atoms with Gasteiger partial charge in [0.15, 0.2) is 6.29 Å². The van der Waals surface area contributed by atoms with Crippen LogP contribution in [0.25, 0.3) is 11.1 Å². The van der Waals surface area contributed by atoms with Gasteiger partial charge in [0.05, 0.1) is 35.1 Å². The number of carbonyl (C=O) groups is 2. The predicted octanol–water partition coefficient (Wildman–Crippen LogP) is 7.13. The molecule has 2 fully saturated rings. The Kier molecular flexibility index (Phi) is 13.6. The first-order valence-corrected chi connectivity index (χ1v) is 20.0. The minimum Gasteiger partial charge on any atom is -0.397 e. The Morgan fingerprint density at radius 3 is 2.20 bits per heavy atom. The molecular formula is C46H50N6O7. The smallest absolute Gasteiger partial charge is 0.269 e. The van der Waals surface area contributed by atoms with Crippen molar-refractivity contribution in [1.29, 1.82) is 0 Å². The summed E-state index contributed by atoms with van der Waals surface area (Å²) in [7, 11) is 0. The van der Waals surface area contributed by atoms with Gasteiger partial charge in [-0.3, -0.25) is 24.6 Å². The topological polar surface area (TPSA) is 173 Å². The van der Waals surface area contributed by atoms with Crippen molar-refractivity contribution >= 4 is 34.6 Å². The van der Waals surface area contributed by atoms with Crippen LogP contribution in [-0.4, -0.2) is 65.6 Å². The van der Waals surface area contributed by atoms with E-state index in [1.165, 1.54) is 0 Å². The number of hydrogen-bond donors (Lipinski definition) is 4. The molecule has 3 unspecified atom stereocenters. The molecule has 0 aromatic heterocycles. The van der Waals surface area contributed by atoms with Crippen molar-refractivity contribution in [3.05, 3.63) is 154 Å². The van der Waals surface area contributed by atoms with Gasteiger partial charge in [-0.25, -0.2) is 0 Å². The van der Waals surface area contributed by atoms with Gasteiger partial charge in [0.1, 0.15) is 0 Å². The zero-order chi connectivity index (χ0) is 41.1. The summed E-state index contributed by atoms with van der Waals surface area (Å²) < 4.78 is 13.3. The highest BCUT2D eigenvalue weighted by Gasteiger charge is 2.34. The molecule has 13 heteroatoms. The van der Waals surface area contributed by atoms with Crippen LogP contribution in [0.4, 0.5) is 22.7 Å². The number of rotatable bonds is 15. The van der Waals surface area contributed by atoms with Gasteiger partial charge in [-0.2, -0.15) is 0 Å². The molecule has 5 aromatic carbocycles. The lowest BCUT2D eigenvalue weighted by molar-refractivity contribution is -0.384. The molecule has 2 heterocycles. The quantitative estimate of drug-likeness (QED) is 0.0485. The summed E-state index contributed by atoms with van der Waals surface area (Å²) in [4.78, 5) is 40.3. The van der Waals surface area contributed by atoms with Crippen LogP contribution in [0.3, 0.4) is 0 Å². The Hall–Kier alpha value is -6.12. The number of hydrogen-bond acceptors (Lipinski definition) is 10. The normalized spacial score (nSPS) is 18.3. The number of nitrogens with one attached hydrogen (secondary N) is 2. The first kappa shape index (κ1) is 41.1. The maximum atomic E-state index is 12.6. The van der Waals surface area contributed by atoms with Crippen LogP contribution < -0.4 is 21.3 Å². The Morgan fingerprint density at radius 1 is 0.780 bits per heavy atom. The number of nitrogens with zero attached hydrogens (tertiary/aromatic N) is 3. The maximum Gasteiger partial charge on any atom is 0.269 e. The van der Waals surface area contributed by atoms with Gasteiger partial charge in [0, 0.05) is 81.9 Å². The molecule has 59 heavy (non-hydrogen) atoms. The molecule has 2 saturated heterocycles. The highest BCUT2D eigenvalue weighted by atomic mass is 16.7. The van der Waals surface area contributed by atoms with Gasteiger partial charge in [-0.1, -0.05) is 78.9 Å². The lowest BCUT2D eigenvalue weighted by Crippen LogP contribution is -2.49. The average molecular weight is 799 g/mol. The molecule has 306 valence electrons. The molecule has 0 aliphatic carbocycles. The zero-order valence-corrected chi connectivity index (χ0v) is 32.9. The lowest BCUT2D eigenvalue weighted by atomic mass is 9.98. The third kappa shape index (κ3) is 11.1. The molecule has 13 nitrogen and oxygen atoms in total. The number of nitro groups is 1. The summed E-state index contributed by atoms with van der Waals surface area (Å²) >= 11 is 0. The Bertz CT molecular complexity index is 2190. The summed E-state index contributed by atoms with van der Waals surface area (Å²) in [6.07, 6.45) is 0.666. The number of benzene rings is 5. The molecule has 0 spiro atoms. The monoisotopic (exact) mass is 798 g/mol. The third-order valence-electron chi connectivity index (χ3n) is 10.9. The van der Waals surface area contributed by atoms with Gasteiger partial charge >= 0.3 is 0 Å². The highest BCUT2D eigenvalue weighted by molar-refractivity contribution is 5.94. The summed E-state index contributed by atoms with van der Waals surface area (Å²) in [5.74, 6) is -0.303. The number of aliphatic hydroxyl groups is 1. The van der Waals surface area contributed by atoms with E-state index in [9.17, 15) is 24.8 Å². The third-order valence-corrected chi connectivity index (χ3v) is 10.9. The first-order chi connectivity index (χ1) is 28.7. The van der Waals surface area contributed by atoms with E-state index in [-0.39, 0.29) is 54.1 Å². The number of para-hydroxylation sites is 2. The molecule has 7 rings (SSSR count). The van der Waals surface area contributed by atoms with Crippen LogP contribution in [0, 0.1) is 10.1 Å². The number of non-ortho nitro benzene ring substituents is 1. The second-order valence-electron chi connectivity index (χ2n) is 15.0. The Balaban J connectivity index is 0.942. The first-order valence-electron chi connectivity index (χ1n) is 20.0. The number of aliphatic hydroxyl groups excluding tert-OH is 1. The zero-order valence-electron chi connectivity index (χ0n) is 32.9. The molecule has 3 atom stereocenters. The number of anilines is 3.